The van der Waals surface area contributed by atoms with E-state index in [0.29, 0.717) is 36.4 Å². The lowest BCUT2D eigenvalue weighted by Gasteiger charge is -2.30. The molecule has 35 heavy (non-hydrogen) atoms. The maximum Gasteiger partial charge on any atom is 0.243 e. The Kier molecular flexibility index (Phi) is 7.05. The smallest absolute Gasteiger partial charge is 0.243 e. The third kappa shape index (κ3) is 4.85. The van der Waals surface area contributed by atoms with Gasteiger partial charge in [0, 0.05) is 49.4 Å². The van der Waals surface area contributed by atoms with Gasteiger partial charge in [-0.2, -0.15) is 4.31 Å². The fourth-order valence-corrected chi connectivity index (χ4v) is 6.43. The zero-order valence-corrected chi connectivity index (χ0v) is 21.2. The Morgan fingerprint density at radius 3 is 2.31 bits per heavy atom. The van der Waals surface area contributed by atoms with Crippen molar-refractivity contribution in [3.63, 3.8) is 0 Å². The number of ether oxygens (including phenoxy) is 2. The molecule has 10 heteroatoms. The number of sulfonamides is 1. The van der Waals surface area contributed by atoms with Gasteiger partial charge in [0.05, 0.1) is 19.1 Å². The van der Waals surface area contributed by atoms with Crippen LogP contribution in [0.2, 0.25) is 0 Å². The molecule has 1 saturated heterocycles. The van der Waals surface area contributed by atoms with Crippen LogP contribution in [0.1, 0.15) is 32.3 Å². The summed E-state index contributed by atoms with van der Waals surface area (Å²) >= 11 is 0. The SMILES string of the molecule is COc1ccc(NC(=O)C2CCN(S(=O)(=O)c3ccc4c(c3)C[C@H](C)N4C(C)=O)CC2)cc1OC. The molecular formula is C25H31N3O6S. The predicted octanol–water partition coefficient (Wildman–Crippen LogP) is 3.04. The third-order valence-electron chi connectivity index (χ3n) is 6.72. The van der Waals surface area contributed by atoms with Crippen LogP contribution < -0.4 is 19.7 Å². The fourth-order valence-electron chi connectivity index (χ4n) is 4.91. The molecule has 1 fully saturated rings. The van der Waals surface area contributed by atoms with Gasteiger partial charge in [0.2, 0.25) is 21.8 Å². The van der Waals surface area contributed by atoms with Crippen LogP contribution in [-0.2, 0) is 26.0 Å². The van der Waals surface area contributed by atoms with Gasteiger partial charge in [0.15, 0.2) is 11.5 Å². The Labute approximate surface area is 206 Å². The van der Waals surface area contributed by atoms with Crippen molar-refractivity contribution in [1.82, 2.24) is 4.31 Å². The topological polar surface area (TPSA) is 105 Å². The lowest BCUT2D eigenvalue weighted by molar-refractivity contribution is -0.121. The van der Waals surface area contributed by atoms with Crippen molar-refractivity contribution in [2.45, 2.75) is 44.0 Å². The molecule has 0 radical (unpaired) electrons. The number of carbonyl (C=O) groups is 2. The van der Waals surface area contributed by atoms with Crippen LogP contribution in [0, 0.1) is 5.92 Å². The summed E-state index contributed by atoms with van der Waals surface area (Å²) in [6, 6.07) is 10.1. The summed E-state index contributed by atoms with van der Waals surface area (Å²) in [5, 5.41) is 2.89. The second-order valence-electron chi connectivity index (χ2n) is 8.97. The summed E-state index contributed by atoms with van der Waals surface area (Å²) < 4.78 is 38.5. The normalized spacial score (nSPS) is 18.7. The van der Waals surface area contributed by atoms with E-state index in [0.717, 1.165) is 11.3 Å². The molecule has 1 atom stereocenters. The first-order valence-corrected chi connectivity index (χ1v) is 13.1. The highest BCUT2D eigenvalue weighted by molar-refractivity contribution is 7.89. The molecule has 4 rings (SSSR count). The molecule has 2 aromatic carbocycles. The number of anilines is 2. The summed E-state index contributed by atoms with van der Waals surface area (Å²) in [5.74, 6) is 0.588. The number of hydrogen-bond acceptors (Lipinski definition) is 6. The number of piperidine rings is 1. The van der Waals surface area contributed by atoms with E-state index in [9.17, 15) is 18.0 Å². The van der Waals surface area contributed by atoms with Crippen molar-refractivity contribution in [1.29, 1.82) is 0 Å². The van der Waals surface area contributed by atoms with E-state index in [1.807, 2.05) is 6.92 Å². The second kappa shape index (κ2) is 9.87. The highest BCUT2D eigenvalue weighted by atomic mass is 32.2. The first-order chi connectivity index (χ1) is 16.6. The molecule has 2 aliphatic heterocycles. The highest BCUT2D eigenvalue weighted by Gasteiger charge is 2.34. The number of carbonyl (C=O) groups excluding carboxylic acids is 2. The van der Waals surface area contributed by atoms with E-state index in [4.69, 9.17) is 9.47 Å². The van der Waals surface area contributed by atoms with Crippen molar-refractivity contribution in [3.05, 3.63) is 42.0 Å². The van der Waals surface area contributed by atoms with E-state index in [1.165, 1.54) is 18.3 Å². The third-order valence-corrected chi connectivity index (χ3v) is 8.61. The Hall–Kier alpha value is -3.11. The summed E-state index contributed by atoms with van der Waals surface area (Å²) in [6.07, 6.45) is 1.48. The van der Waals surface area contributed by atoms with Crippen LogP contribution in [0.5, 0.6) is 11.5 Å². The summed E-state index contributed by atoms with van der Waals surface area (Å²) in [6.45, 7) is 3.99. The minimum Gasteiger partial charge on any atom is -0.493 e. The van der Waals surface area contributed by atoms with Crippen molar-refractivity contribution in [2.75, 3.05) is 37.5 Å². The quantitative estimate of drug-likeness (QED) is 0.652. The number of amides is 2. The Morgan fingerprint density at radius 2 is 1.69 bits per heavy atom. The Bertz CT molecular complexity index is 1240. The first kappa shape index (κ1) is 25.0. The van der Waals surface area contributed by atoms with Gasteiger partial charge in [-0.15, -0.1) is 0 Å². The van der Waals surface area contributed by atoms with Crippen LogP contribution in [0.25, 0.3) is 0 Å². The number of hydrogen-bond donors (Lipinski definition) is 1. The zero-order chi connectivity index (χ0) is 25.3. The number of rotatable bonds is 6. The maximum absolute atomic E-state index is 13.3. The van der Waals surface area contributed by atoms with Gasteiger partial charge in [0.1, 0.15) is 0 Å². The van der Waals surface area contributed by atoms with Crippen LogP contribution in [0.3, 0.4) is 0 Å². The van der Waals surface area contributed by atoms with Gasteiger partial charge >= 0.3 is 0 Å². The van der Waals surface area contributed by atoms with E-state index in [2.05, 4.69) is 5.32 Å². The number of benzene rings is 2. The molecule has 188 valence electrons. The average molecular weight is 502 g/mol. The number of fused-ring (bicyclic) bond motifs is 1. The summed E-state index contributed by atoms with van der Waals surface area (Å²) in [5.41, 5.74) is 2.22. The lowest BCUT2D eigenvalue weighted by Crippen LogP contribution is -2.41. The van der Waals surface area contributed by atoms with E-state index in [-0.39, 0.29) is 41.8 Å². The largest absolute Gasteiger partial charge is 0.493 e. The van der Waals surface area contributed by atoms with Crippen LogP contribution >= 0.6 is 0 Å². The molecule has 2 heterocycles. The molecule has 2 aliphatic rings. The molecular weight excluding hydrogens is 470 g/mol. The number of nitrogens with zero attached hydrogens (tertiary/aromatic N) is 2. The van der Waals surface area contributed by atoms with Gasteiger partial charge < -0.3 is 19.7 Å². The van der Waals surface area contributed by atoms with Crippen LogP contribution in [0.15, 0.2) is 41.3 Å². The maximum atomic E-state index is 13.3. The molecule has 0 aromatic heterocycles. The monoisotopic (exact) mass is 501 g/mol. The van der Waals surface area contributed by atoms with Crippen molar-refractivity contribution >= 4 is 33.2 Å². The molecule has 0 spiro atoms. The minimum absolute atomic E-state index is 0.000353. The van der Waals surface area contributed by atoms with Gasteiger partial charge in [-0.05, 0) is 62.1 Å². The lowest BCUT2D eigenvalue weighted by atomic mass is 9.97. The molecule has 0 saturated carbocycles. The summed E-state index contributed by atoms with van der Waals surface area (Å²) in [4.78, 5) is 26.7. The Morgan fingerprint density at radius 1 is 1.00 bits per heavy atom. The number of nitrogens with one attached hydrogen (secondary N) is 1. The van der Waals surface area contributed by atoms with Crippen molar-refractivity contribution < 1.29 is 27.5 Å². The van der Waals surface area contributed by atoms with E-state index in [1.54, 1.807) is 48.4 Å². The second-order valence-corrected chi connectivity index (χ2v) is 10.9. The molecule has 0 unspecified atom stereocenters. The van der Waals surface area contributed by atoms with Gasteiger partial charge in [0.25, 0.3) is 0 Å². The highest BCUT2D eigenvalue weighted by Crippen LogP contribution is 2.35. The van der Waals surface area contributed by atoms with Crippen molar-refractivity contribution in [2.24, 2.45) is 5.92 Å². The molecule has 0 aliphatic carbocycles. The molecule has 2 amide bonds. The van der Waals surface area contributed by atoms with Crippen LogP contribution in [-0.4, -0.2) is 57.9 Å². The average Bonchev–Trinajstić information content (AvgIpc) is 3.19. The Balaban J connectivity index is 1.41. The van der Waals surface area contributed by atoms with E-state index < -0.39 is 10.0 Å². The van der Waals surface area contributed by atoms with Crippen LogP contribution in [0.4, 0.5) is 11.4 Å². The predicted molar refractivity (Wildman–Crippen MR) is 132 cm³/mol. The van der Waals surface area contributed by atoms with E-state index >= 15 is 0 Å². The molecule has 1 N–H and O–H groups in total. The van der Waals surface area contributed by atoms with Gasteiger partial charge in [-0.1, -0.05) is 0 Å². The molecule has 0 bridgehead atoms. The minimum atomic E-state index is -3.70. The van der Waals surface area contributed by atoms with Crippen molar-refractivity contribution in [3.8, 4) is 11.5 Å². The standard InChI is InChI=1S/C25H31N3O6S/c1-16-13-19-14-21(6-7-22(19)28(16)17(2)29)35(31,32)27-11-9-18(10-12-27)25(30)26-20-5-8-23(33-3)24(15-20)34-4/h5-8,14-16,18H,9-13H2,1-4H3,(H,26,30)/t16-/m0/s1. The van der Waals surface area contributed by atoms with Gasteiger partial charge in [-0.25, -0.2) is 8.42 Å². The molecule has 9 nitrogen and oxygen atoms in total. The fraction of sp³-hybridized carbons (Fsp3) is 0.440. The van der Waals surface area contributed by atoms with Gasteiger partial charge in [-0.3, -0.25) is 9.59 Å². The zero-order valence-electron chi connectivity index (χ0n) is 20.4. The number of methoxy groups -OCH3 is 2. The summed E-state index contributed by atoms with van der Waals surface area (Å²) in [7, 11) is -0.624. The molecule has 2 aromatic rings. The first-order valence-electron chi connectivity index (χ1n) is 11.6.